The van der Waals surface area contributed by atoms with Crippen molar-refractivity contribution in [3.05, 3.63) is 45.1 Å². The van der Waals surface area contributed by atoms with Crippen molar-refractivity contribution in [3.63, 3.8) is 0 Å². The molecule has 0 saturated carbocycles. The zero-order chi connectivity index (χ0) is 14.7. The smallest absolute Gasteiger partial charge is 0.147 e. The molecule has 0 N–H and O–H groups in total. The van der Waals surface area contributed by atoms with E-state index >= 15 is 0 Å². The van der Waals surface area contributed by atoms with Gasteiger partial charge in [-0.25, -0.2) is 0 Å². The molecule has 0 aliphatic heterocycles. The monoisotopic (exact) mass is 372 g/mol. The number of aromatic nitrogens is 2. The molecule has 3 nitrogen and oxygen atoms in total. The van der Waals surface area contributed by atoms with Crippen molar-refractivity contribution in [2.75, 3.05) is 5.75 Å². The number of halogens is 2. The fourth-order valence-electron chi connectivity index (χ4n) is 1.84. The second kappa shape index (κ2) is 6.78. The van der Waals surface area contributed by atoms with E-state index in [2.05, 4.69) is 21.0 Å². The quantitative estimate of drug-likeness (QED) is 0.742. The fraction of sp³-hybridized carbons (Fsp3) is 0.286. The van der Waals surface area contributed by atoms with Crippen LogP contribution in [0.25, 0.3) is 0 Å². The van der Waals surface area contributed by atoms with Crippen LogP contribution >= 0.6 is 39.3 Å². The number of hydrogen-bond donors (Lipinski definition) is 0. The third kappa shape index (κ3) is 3.87. The highest BCUT2D eigenvalue weighted by Crippen LogP contribution is 2.24. The highest BCUT2D eigenvalue weighted by Gasteiger charge is 2.15. The van der Waals surface area contributed by atoms with E-state index in [0.29, 0.717) is 17.3 Å². The molecule has 0 bridgehead atoms. The maximum absolute atomic E-state index is 12.1. The average molecular weight is 374 g/mol. The second-order valence-electron chi connectivity index (χ2n) is 4.44. The number of thioether (sulfide) groups is 1. The molecule has 1 aromatic heterocycles. The number of rotatable bonds is 5. The first-order chi connectivity index (χ1) is 9.47. The van der Waals surface area contributed by atoms with Crippen molar-refractivity contribution < 1.29 is 4.79 Å². The summed E-state index contributed by atoms with van der Waals surface area (Å²) in [6.07, 6.45) is 0.333. The van der Waals surface area contributed by atoms with Crippen LogP contribution in [-0.2, 0) is 18.3 Å². The number of carbonyl (C=O) groups excluding carboxylic acids is 1. The summed E-state index contributed by atoms with van der Waals surface area (Å²) in [5.41, 5.74) is 1.65. The predicted octanol–water partition coefficient (Wildman–Crippen LogP) is 4.05. The van der Waals surface area contributed by atoms with Gasteiger partial charge in [0.1, 0.15) is 10.9 Å². The maximum Gasteiger partial charge on any atom is 0.147 e. The molecule has 0 radical (unpaired) electrons. The first-order valence-electron chi connectivity index (χ1n) is 6.05. The van der Waals surface area contributed by atoms with E-state index in [-0.39, 0.29) is 5.78 Å². The molecule has 20 heavy (non-hydrogen) atoms. The molecule has 0 fully saturated rings. The van der Waals surface area contributed by atoms with Crippen LogP contribution < -0.4 is 0 Å². The van der Waals surface area contributed by atoms with Crippen LogP contribution in [-0.4, -0.2) is 21.3 Å². The minimum Gasteiger partial charge on any atom is -0.298 e. The number of ketones is 1. The summed E-state index contributed by atoms with van der Waals surface area (Å²) in [7, 11) is 1.78. The van der Waals surface area contributed by atoms with Crippen molar-refractivity contribution in [2.24, 2.45) is 7.05 Å². The second-order valence-corrected chi connectivity index (χ2v) is 6.76. The Morgan fingerprint density at radius 1 is 1.50 bits per heavy atom. The third-order valence-electron chi connectivity index (χ3n) is 2.84. The van der Waals surface area contributed by atoms with Crippen molar-refractivity contribution >= 4 is 45.1 Å². The van der Waals surface area contributed by atoms with E-state index in [1.165, 1.54) is 11.8 Å². The molecule has 0 amide bonds. The van der Waals surface area contributed by atoms with Crippen LogP contribution in [0.5, 0.6) is 0 Å². The van der Waals surface area contributed by atoms with E-state index < -0.39 is 0 Å². The Kier molecular flexibility index (Phi) is 5.29. The Morgan fingerprint density at radius 3 is 2.85 bits per heavy atom. The van der Waals surface area contributed by atoms with Crippen molar-refractivity contribution in [3.8, 4) is 0 Å². The Morgan fingerprint density at radius 2 is 2.25 bits per heavy atom. The zero-order valence-corrected chi connectivity index (χ0v) is 14.3. The number of benzene rings is 1. The van der Waals surface area contributed by atoms with Crippen LogP contribution in [0.1, 0.15) is 11.3 Å². The van der Waals surface area contributed by atoms with Crippen molar-refractivity contribution in [1.82, 2.24) is 9.78 Å². The minimum absolute atomic E-state index is 0.146. The first kappa shape index (κ1) is 15.6. The van der Waals surface area contributed by atoms with Crippen LogP contribution in [0.3, 0.4) is 0 Å². The molecular formula is C14H14BrClN2OS. The van der Waals surface area contributed by atoms with Gasteiger partial charge in [0.25, 0.3) is 0 Å². The van der Waals surface area contributed by atoms with Crippen LogP contribution in [0, 0.1) is 6.92 Å². The molecule has 2 aromatic rings. The normalized spacial score (nSPS) is 10.8. The molecule has 6 heteroatoms. The van der Waals surface area contributed by atoms with Gasteiger partial charge in [0, 0.05) is 28.4 Å². The summed E-state index contributed by atoms with van der Waals surface area (Å²) in [4.78, 5) is 13.1. The molecule has 0 spiro atoms. The SMILES string of the molecule is Cc1nn(C)c(Cl)c1CC(=O)CSc1cccc(Br)c1. The molecule has 0 saturated heterocycles. The highest BCUT2D eigenvalue weighted by atomic mass is 79.9. The Bertz CT molecular complexity index is 642. The van der Waals surface area contributed by atoms with E-state index in [9.17, 15) is 4.79 Å². The van der Waals surface area contributed by atoms with E-state index in [0.717, 1.165) is 20.6 Å². The number of nitrogens with zero attached hydrogens (tertiary/aromatic N) is 2. The summed E-state index contributed by atoms with van der Waals surface area (Å²) in [5, 5.41) is 4.76. The molecule has 0 unspecified atom stereocenters. The standard InChI is InChI=1S/C14H14BrClN2OS/c1-9-13(14(16)18(2)17-9)7-11(19)8-20-12-5-3-4-10(15)6-12/h3-6H,7-8H2,1-2H3. The van der Waals surface area contributed by atoms with Gasteiger partial charge in [-0.15, -0.1) is 11.8 Å². The molecule has 0 aliphatic rings. The Hall–Kier alpha value is -0.780. The third-order valence-corrected chi connectivity index (χ3v) is 4.86. The predicted molar refractivity (Wildman–Crippen MR) is 86.5 cm³/mol. The molecule has 0 aliphatic carbocycles. The number of aryl methyl sites for hydroxylation is 2. The van der Waals surface area contributed by atoms with E-state index in [1.54, 1.807) is 11.7 Å². The van der Waals surface area contributed by atoms with Gasteiger partial charge in [0.15, 0.2) is 0 Å². The fourth-order valence-corrected chi connectivity index (χ4v) is 3.45. The van der Waals surface area contributed by atoms with Crippen LogP contribution in [0.15, 0.2) is 33.6 Å². The van der Waals surface area contributed by atoms with Gasteiger partial charge in [0.2, 0.25) is 0 Å². The van der Waals surface area contributed by atoms with Gasteiger partial charge in [-0.3, -0.25) is 9.48 Å². The van der Waals surface area contributed by atoms with Crippen molar-refractivity contribution in [1.29, 1.82) is 0 Å². The van der Waals surface area contributed by atoms with Crippen molar-refractivity contribution in [2.45, 2.75) is 18.2 Å². The average Bonchev–Trinajstić information content (AvgIpc) is 2.63. The highest BCUT2D eigenvalue weighted by molar-refractivity contribution is 9.10. The molecule has 0 atom stereocenters. The molecular weight excluding hydrogens is 360 g/mol. The summed E-state index contributed by atoms with van der Waals surface area (Å²) < 4.78 is 2.61. The van der Waals surface area contributed by atoms with Gasteiger partial charge in [-0.2, -0.15) is 5.10 Å². The summed E-state index contributed by atoms with van der Waals surface area (Å²) in [6, 6.07) is 7.91. The lowest BCUT2D eigenvalue weighted by Crippen LogP contribution is -2.06. The number of hydrogen-bond acceptors (Lipinski definition) is 3. The lowest BCUT2D eigenvalue weighted by molar-refractivity contribution is -0.116. The first-order valence-corrected chi connectivity index (χ1v) is 8.21. The van der Waals surface area contributed by atoms with Gasteiger partial charge in [-0.1, -0.05) is 33.6 Å². The van der Waals surface area contributed by atoms with Crippen LogP contribution in [0.2, 0.25) is 5.15 Å². The minimum atomic E-state index is 0.146. The van der Waals surface area contributed by atoms with Crippen LogP contribution in [0.4, 0.5) is 0 Å². The van der Waals surface area contributed by atoms with Gasteiger partial charge in [0.05, 0.1) is 11.4 Å². The number of carbonyl (C=O) groups is 1. The molecule has 2 rings (SSSR count). The molecule has 1 aromatic carbocycles. The number of Topliss-reactive ketones (excluding diaryl/α,β-unsaturated/α-hetero) is 1. The zero-order valence-electron chi connectivity index (χ0n) is 11.2. The van der Waals surface area contributed by atoms with Gasteiger partial charge in [-0.05, 0) is 25.1 Å². The van der Waals surface area contributed by atoms with Gasteiger partial charge >= 0.3 is 0 Å². The Balaban J connectivity index is 1.96. The largest absolute Gasteiger partial charge is 0.298 e. The summed E-state index contributed by atoms with van der Waals surface area (Å²) in [5.74, 6) is 0.578. The molecule has 106 valence electrons. The lowest BCUT2D eigenvalue weighted by atomic mass is 10.1. The molecule has 1 heterocycles. The van der Waals surface area contributed by atoms with E-state index in [4.69, 9.17) is 11.6 Å². The summed E-state index contributed by atoms with van der Waals surface area (Å²) >= 11 is 11.1. The summed E-state index contributed by atoms with van der Waals surface area (Å²) in [6.45, 7) is 1.87. The maximum atomic E-state index is 12.1. The Labute approximate surface area is 135 Å². The van der Waals surface area contributed by atoms with E-state index in [1.807, 2.05) is 31.2 Å². The van der Waals surface area contributed by atoms with Gasteiger partial charge < -0.3 is 0 Å². The lowest BCUT2D eigenvalue weighted by Gasteiger charge is -2.02. The topological polar surface area (TPSA) is 34.9 Å².